The lowest BCUT2D eigenvalue weighted by Gasteiger charge is -2.07. The molecule has 2 amide bonds. The molecule has 7 heteroatoms. The molecule has 0 atom stereocenters. The minimum absolute atomic E-state index is 0. The Morgan fingerprint density at radius 2 is 1.73 bits per heavy atom. The molecule has 124 valence electrons. The highest BCUT2D eigenvalue weighted by molar-refractivity contribution is 5.94. The van der Waals surface area contributed by atoms with E-state index in [0.29, 0.717) is 31.8 Å². The third-order valence-electron chi connectivity index (χ3n) is 2.83. The van der Waals surface area contributed by atoms with Gasteiger partial charge in [-0.05, 0) is 17.7 Å². The maximum Gasteiger partial charge on any atom is 0.251 e. The monoisotopic (exact) mass is 329 g/mol. The molecule has 0 aliphatic rings. The highest BCUT2D eigenvalue weighted by Gasteiger charge is 2.04. The standard InChI is InChI=1S/C15H23N3O3.ClH/c1-12(19)18-11-13-3-5-14(6-4-13)15(20)17-8-7-16-9-10-21-2;/h3-6,16H,7-11H2,1-2H3,(H,17,20)(H,18,19);1H. The van der Waals surface area contributed by atoms with Crippen LogP contribution in [-0.4, -0.2) is 45.2 Å². The first kappa shape index (κ1) is 20.4. The number of amides is 2. The van der Waals surface area contributed by atoms with Gasteiger partial charge < -0.3 is 20.7 Å². The first-order chi connectivity index (χ1) is 10.1. The highest BCUT2D eigenvalue weighted by Crippen LogP contribution is 2.04. The molecule has 6 nitrogen and oxygen atoms in total. The van der Waals surface area contributed by atoms with Crippen LogP contribution in [0.1, 0.15) is 22.8 Å². The third kappa shape index (κ3) is 8.61. The summed E-state index contributed by atoms with van der Waals surface area (Å²) in [4.78, 5) is 22.7. The van der Waals surface area contributed by atoms with Crippen LogP contribution in [0.5, 0.6) is 0 Å². The van der Waals surface area contributed by atoms with Crippen LogP contribution in [0.15, 0.2) is 24.3 Å². The van der Waals surface area contributed by atoms with Crippen molar-refractivity contribution in [1.82, 2.24) is 16.0 Å². The molecule has 0 radical (unpaired) electrons. The molecule has 1 rings (SSSR count). The Bertz CT molecular complexity index is 452. The van der Waals surface area contributed by atoms with E-state index in [4.69, 9.17) is 4.74 Å². The highest BCUT2D eigenvalue weighted by atomic mass is 35.5. The van der Waals surface area contributed by atoms with Crippen molar-refractivity contribution in [2.75, 3.05) is 33.4 Å². The van der Waals surface area contributed by atoms with Gasteiger partial charge >= 0.3 is 0 Å². The van der Waals surface area contributed by atoms with Crippen molar-refractivity contribution in [3.63, 3.8) is 0 Å². The first-order valence-electron chi connectivity index (χ1n) is 6.94. The normalized spacial score (nSPS) is 9.73. The summed E-state index contributed by atoms with van der Waals surface area (Å²) >= 11 is 0. The number of nitrogens with one attached hydrogen (secondary N) is 3. The molecule has 0 saturated heterocycles. The lowest BCUT2D eigenvalue weighted by molar-refractivity contribution is -0.119. The fraction of sp³-hybridized carbons (Fsp3) is 0.467. The van der Waals surface area contributed by atoms with E-state index in [1.54, 1.807) is 19.2 Å². The summed E-state index contributed by atoms with van der Waals surface area (Å²) in [7, 11) is 1.65. The summed E-state index contributed by atoms with van der Waals surface area (Å²) in [6.07, 6.45) is 0. The van der Waals surface area contributed by atoms with Crippen molar-refractivity contribution in [3.05, 3.63) is 35.4 Å². The van der Waals surface area contributed by atoms with Gasteiger partial charge in [-0.3, -0.25) is 9.59 Å². The van der Waals surface area contributed by atoms with Gasteiger partial charge in [0.1, 0.15) is 0 Å². The Morgan fingerprint density at radius 1 is 1.05 bits per heavy atom. The van der Waals surface area contributed by atoms with Crippen molar-refractivity contribution in [3.8, 4) is 0 Å². The smallest absolute Gasteiger partial charge is 0.251 e. The van der Waals surface area contributed by atoms with E-state index in [2.05, 4.69) is 16.0 Å². The average Bonchev–Trinajstić information content (AvgIpc) is 2.49. The van der Waals surface area contributed by atoms with Crippen LogP contribution in [-0.2, 0) is 16.1 Å². The number of hydrogen-bond donors (Lipinski definition) is 3. The Labute approximate surface area is 137 Å². The molecule has 3 N–H and O–H groups in total. The van der Waals surface area contributed by atoms with Crippen LogP contribution in [0.2, 0.25) is 0 Å². The van der Waals surface area contributed by atoms with Gasteiger partial charge in [0.15, 0.2) is 0 Å². The summed E-state index contributed by atoms with van der Waals surface area (Å²) in [5.74, 6) is -0.174. The molecule has 0 unspecified atom stereocenters. The maximum absolute atomic E-state index is 11.9. The van der Waals surface area contributed by atoms with Gasteiger partial charge in [-0.25, -0.2) is 0 Å². The van der Waals surface area contributed by atoms with E-state index >= 15 is 0 Å². The van der Waals surface area contributed by atoms with Gasteiger partial charge in [0.2, 0.25) is 5.91 Å². The molecular weight excluding hydrogens is 306 g/mol. The summed E-state index contributed by atoms with van der Waals surface area (Å²) < 4.78 is 4.91. The van der Waals surface area contributed by atoms with E-state index in [1.807, 2.05) is 12.1 Å². The van der Waals surface area contributed by atoms with Crippen LogP contribution in [0.25, 0.3) is 0 Å². The number of methoxy groups -OCH3 is 1. The van der Waals surface area contributed by atoms with Crippen molar-refractivity contribution >= 4 is 24.2 Å². The summed E-state index contributed by atoms with van der Waals surface area (Å²) in [5.41, 5.74) is 1.57. The lowest BCUT2D eigenvalue weighted by atomic mass is 10.1. The predicted octanol–water partition coefficient (Wildman–Crippen LogP) is 0.710. The van der Waals surface area contributed by atoms with E-state index < -0.39 is 0 Å². The number of ether oxygens (including phenoxy) is 1. The molecule has 0 aliphatic carbocycles. The zero-order valence-electron chi connectivity index (χ0n) is 13.0. The van der Waals surface area contributed by atoms with E-state index in [9.17, 15) is 9.59 Å². The lowest BCUT2D eigenvalue weighted by Crippen LogP contribution is -2.33. The average molecular weight is 330 g/mol. The molecule has 0 aliphatic heterocycles. The quantitative estimate of drug-likeness (QED) is 0.583. The number of hydrogen-bond acceptors (Lipinski definition) is 4. The minimum Gasteiger partial charge on any atom is -0.383 e. The van der Waals surface area contributed by atoms with Crippen LogP contribution in [0.3, 0.4) is 0 Å². The number of halogens is 1. The van der Waals surface area contributed by atoms with Crippen LogP contribution < -0.4 is 16.0 Å². The molecular formula is C15H24ClN3O3. The van der Waals surface area contributed by atoms with Crippen LogP contribution >= 0.6 is 12.4 Å². The molecule has 0 fully saturated rings. The Balaban J connectivity index is 0.00000441. The number of carbonyl (C=O) groups excluding carboxylic acids is 2. The summed E-state index contributed by atoms with van der Waals surface area (Å²) in [6.45, 7) is 4.64. The van der Waals surface area contributed by atoms with Gasteiger partial charge in [0, 0.05) is 45.8 Å². The molecule has 0 saturated carbocycles. The van der Waals surface area contributed by atoms with Crippen molar-refractivity contribution in [2.24, 2.45) is 0 Å². The topological polar surface area (TPSA) is 79.5 Å². The largest absolute Gasteiger partial charge is 0.383 e. The molecule has 1 aromatic carbocycles. The van der Waals surface area contributed by atoms with E-state index in [1.165, 1.54) is 6.92 Å². The van der Waals surface area contributed by atoms with Gasteiger partial charge in [0.25, 0.3) is 5.91 Å². The maximum atomic E-state index is 11.9. The number of rotatable bonds is 9. The summed E-state index contributed by atoms with van der Waals surface area (Å²) in [5, 5.41) is 8.69. The van der Waals surface area contributed by atoms with Crippen molar-refractivity contribution in [1.29, 1.82) is 0 Å². The second-order valence-electron chi connectivity index (χ2n) is 4.61. The Kier molecular flexibility index (Phi) is 11.1. The van der Waals surface area contributed by atoms with E-state index in [0.717, 1.165) is 12.1 Å². The van der Waals surface area contributed by atoms with E-state index in [-0.39, 0.29) is 24.2 Å². The molecule has 0 spiro atoms. The number of benzene rings is 1. The Morgan fingerprint density at radius 3 is 2.32 bits per heavy atom. The van der Waals surface area contributed by atoms with Gasteiger partial charge in [0.05, 0.1) is 6.61 Å². The second-order valence-corrected chi connectivity index (χ2v) is 4.61. The molecule has 22 heavy (non-hydrogen) atoms. The molecule has 0 heterocycles. The minimum atomic E-state index is -0.102. The van der Waals surface area contributed by atoms with Crippen LogP contribution in [0.4, 0.5) is 0 Å². The van der Waals surface area contributed by atoms with Crippen molar-refractivity contribution < 1.29 is 14.3 Å². The zero-order valence-corrected chi connectivity index (χ0v) is 13.8. The van der Waals surface area contributed by atoms with Crippen LogP contribution in [0, 0.1) is 0 Å². The SMILES string of the molecule is COCCNCCNC(=O)c1ccc(CNC(C)=O)cc1.Cl. The molecule has 1 aromatic rings. The first-order valence-corrected chi connectivity index (χ1v) is 6.94. The van der Waals surface area contributed by atoms with Crippen molar-refractivity contribution in [2.45, 2.75) is 13.5 Å². The van der Waals surface area contributed by atoms with Gasteiger partial charge in [-0.15, -0.1) is 12.4 Å². The second kappa shape index (κ2) is 12.0. The Hall–Kier alpha value is -1.63. The predicted molar refractivity (Wildman–Crippen MR) is 88.3 cm³/mol. The fourth-order valence-electron chi connectivity index (χ4n) is 1.67. The molecule has 0 aromatic heterocycles. The third-order valence-corrected chi connectivity index (χ3v) is 2.83. The molecule has 0 bridgehead atoms. The summed E-state index contributed by atoms with van der Waals surface area (Å²) in [6, 6.07) is 7.18. The fourth-order valence-corrected chi connectivity index (χ4v) is 1.67. The van der Waals surface area contributed by atoms with Gasteiger partial charge in [-0.1, -0.05) is 12.1 Å². The zero-order chi connectivity index (χ0) is 15.5. The number of carbonyl (C=O) groups is 2. The van der Waals surface area contributed by atoms with Gasteiger partial charge in [-0.2, -0.15) is 0 Å².